The Morgan fingerprint density at radius 1 is 1.07 bits per heavy atom. The van der Waals surface area contributed by atoms with Gasteiger partial charge in [0, 0.05) is 68.3 Å². The molecule has 40 heavy (non-hydrogen) atoms. The third-order valence-electron chi connectivity index (χ3n) is 9.13. The van der Waals surface area contributed by atoms with Crippen molar-refractivity contribution < 1.29 is 27.5 Å². The maximum absolute atomic E-state index is 13.3. The summed E-state index contributed by atoms with van der Waals surface area (Å²) in [6.07, 6.45) is 2.71. The van der Waals surface area contributed by atoms with Crippen LogP contribution in [0.1, 0.15) is 64.3 Å². The highest BCUT2D eigenvalue weighted by molar-refractivity contribution is 5.99. The van der Waals surface area contributed by atoms with Gasteiger partial charge in [0.25, 0.3) is 5.91 Å². The number of carbonyl (C=O) groups is 2. The van der Waals surface area contributed by atoms with Crippen molar-refractivity contribution in [2.45, 2.75) is 62.7 Å². The molecule has 1 N–H and O–H groups in total. The molecule has 1 aliphatic carbocycles. The fraction of sp³-hybridized carbons (Fsp3) is 0.567. The quantitative estimate of drug-likeness (QED) is 0.586. The molecule has 2 unspecified atom stereocenters. The Kier molecular flexibility index (Phi) is 7.56. The first-order valence-corrected chi connectivity index (χ1v) is 14.3. The molecule has 4 heterocycles. The summed E-state index contributed by atoms with van der Waals surface area (Å²) in [5, 5.41) is 3.22. The average molecular weight is 557 g/mol. The van der Waals surface area contributed by atoms with Gasteiger partial charge in [-0.25, -0.2) is 0 Å². The van der Waals surface area contributed by atoms with Crippen molar-refractivity contribution in [3.63, 3.8) is 0 Å². The largest absolute Gasteiger partial charge is 0.416 e. The molecule has 1 aromatic heterocycles. The van der Waals surface area contributed by atoms with Gasteiger partial charge in [-0.15, -0.1) is 0 Å². The number of hydrogen-bond donors (Lipinski definition) is 1. The molecule has 2 saturated heterocycles. The van der Waals surface area contributed by atoms with E-state index in [2.05, 4.69) is 21.3 Å². The summed E-state index contributed by atoms with van der Waals surface area (Å²) >= 11 is 0. The minimum absolute atomic E-state index is 0.0331. The number of ether oxygens (including phenoxy) is 1. The van der Waals surface area contributed by atoms with Crippen molar-refractivity contribution in [2.75, 3.05) is 39.4 Å². The van der Waals surface area contributed by atoms with E-state index in [4.69, 9.17) is 4.74 Å². The molecule has 4 aliphatic rings. The lowest BCUT2D eigenvalue weighted by molar-refractivity contribution is -0.137. The lowest BCUT2D eigenvalue weighted by Crippen LogP contribution is -2.49. The van der Waals surface area contributed by atoms with E-state index in [1.54, 1.807) is 0 Å². The Balaban J connectivity index is 1.14. The summed E-state index contributed by atoms with van der Waals surface area (Å²) in [7, 11) is 0. The van der Waals surface area contributed by atoms with Crippen LogP contribution < -0.4 is 5.32 Å². The van der Waals surface area contributed by atoms with Crippen LogP contribution in [0.2, 0.25) is 0 Å². The number of nitrogens with zero attached hydrogens (tertiary/aromatic N) is 3. The van der Waals surface area contributed by atoms with E-state index in [0.717, 1.165) is 70.5 Å². The summed E-state index contributed by atoms with van der Waals surface area (Å²) < 4.78 is 45.3. The first kappa shape index (κ1) is 27.2. The van der Waals surface area contributed by atoms with Gasteiger partial charge in [-0.3, -0.25) is 19.5 Å². The summed E-state index contributed by atoms with van der Waals surface area (Å²) in [6, 6.07) is 7.79. The molecule has 0 spiro atoms. The number of pyridine rings is 1. The van der Waals surface area contributed by atoms with E-state index in [-0.39, 0.29) is 30.0 Å². The molecule has 10 heteroatoms. The van der Waals surface area contributed by atoms with Gasteiger partial charge < -0.3 is 15.0 Å². The molecule has 7 nitrogen and oxygen atoms in total. The summed E-state index contributed by atoms with van der Waals surface area (Å²) in [6.45, 7) is 3.27. The fourth-order valence-corrected chi connectivity index (χ4v) is 7.02. The second-order valence-electron chi connectivity index (χ2n) is 11.6. The van der Waals surface area contributed by atoms with Crippen LogP contribution in [0, 0.1) is 5.92 Å². The first-order chi connectivity index (χ1) is 19.3. The van der Waals surface area contributed by atoms with Gasteiger partial charge in [0.05, 0.1) is 12.1 Å². The fourth-order valence-electron chi connectivity index (χ4n) is 7.02. The number of rotatable bonds is 6. The zero-order chi connectivity index (χ0) is 27.9. The van der Waals surface area contributed by atoms with Crippen molar-refractivity contribution in [2.24, 2.45) is 5.92 Å². The molecule has 2 aromatic rings. The molecule has 3 atom stereocenters. The lowest BCUT2D eigenvalue weighted by atomic mass is 9.89. The minimum atomic E-state index is -4.53. The third kappa shape index (κ3) is 5.61. The summed E-state index contributed by atoms with van der Waals surface area (Å²) in [5.74, 6) is -0.185. The van der Waals surface area contributed by atoms with E-state index < -0.39 is 17.6 Å². The van der Waals surface area contributed by atoms with Gasteiger partial charge in [0.2, 0.25) is 5.91 Å². The molecule has 2 fully saturated rings. The Labute approximate surface area is 232 Å². The smallest absolute Gasteiger partial charge is 0.381 e. The molecule has 2 amide bonds. The molecule has 0 radical (unpaired) electrons. The molecule has 0 bridgehead atoms. The Morgan fingerprint density at radius 3 is 2.70 bits per heavy atom. The van der Waals surface area contributed by atoms with Gasteiger partial charge in [-0.2, -0.15) is 13.2 Å². The number of benzene rings is 1. The standard InChI is InChI=1S/C30H35F3N4O3/c31-30(32,33)23-6-5-19-7-11-36(29(39)25(19)15-23)18-27(38)35-26-17-37(24-8-12-40-13-9-24)16-22(26)14-21-4-3-20-2-1-10-34-28(20)21/h1-2,5-6,10,15,21-22,24,26H,3-4,7-9,11-14,16-18H2,(H,35,38)/t21?,22-,26?/m0/s1. The first-order valence-electron chi connectivity index (χ1n) is 14.3. The number of carbonyl (C=O) groups excluding carboxylic acids is 2. The SMILES string of the molecule is O=C(CN1CCc2ccc(C(F)(F)F)cc2C1=O)NC1CN(C2CCOCC2)C[C@@H]1CC1CCc2cccnc21. The number of hydrogen-bond acceptors (Lipinski definition) is 5. The zero-order valence-electron chi connectivity index (χ0n) is 22.5. The van der Waals surface area contributed by atoms with Gasteiger partial charge in [-0.05, 0) is 73.8 Å². The summed E-state index contributed by atoms with van der Waals surface area (Å²) in [4.78, 5) is 34.9. The lowest BCUT2D eigenvalue weighted by Gasteiger charge is -2.31. The number of nitrogens with one attached hydrogen (secondary N) is 1. The van der Waals surface area contributed by atoms with E-state index in [1.165, 1.54) is 22.2 Å². The molecule has 0 saturated carbocycles. The zero-order valence-corrected chi connectivity index (χ0v) is 22.5. The van der Waals surface area contributed by atoms with Crippen LogP contribution in [0.3, 0.4) is 0 Å². The molecule has 214 valence electrons. The number of fused-ring (bicyclic) bond motifs is 2. The van der Waals surface area contributed by atoms with Crippen LogP contribution in [0.4, 0.5) is 13.2 Å². The highest BCUT2D eigenvalue weighted by Gasteiger charge is 2.40. The van der Waals surface area contributed by atoms with Crippen molar-refractivity contribution in [1.82, 2.24) is 20.1 Å². The summed E-state index contributed by atoms with van der Waals surface area (Å²) in [5.41, 5.74) is 2.25. The molecule has 3 aliphatic heterocycles. The van der Waals surface area contributed by atoms with Gasteiger partial charge in [0.1, 0.15) is 0 Å². The van der Waals surface area contributed by atoms with Crippen molar-refractivity contribution in [3.8, 4) is 0 Å². The number of aryl methyl sites for hydroxylation is 1. The van der Waals surface area contributed by atoms with Crippen molar-refractivity contribution >= 4 is 11.8 Å². The number of aromatic nitrogens is 1. The minimum Gasteiger partial charge on any atom is -0.381 e. The normalized spacial score (nSPS) is 25.6. The number of amides is 2. The second-order valence-corrected chi connectivity index (χ2v) is 11.6. The second kappa shape index (κ2) is 11.1. The topological polar surface area (TPSA) is 74.8 Å². The van der Waals surface area contributed by atoms with Crippen LogP contribution in [0.15, 0.2) is 36.5 Å². The monoisotopic (exact) mass is 556 g/mol. The highest BCUT2D eigenvalue weighted by Crippen LogP contribution is 2.39. The molecule has 1 aromatic carbocycles. The van der Waals surface area contributed by atoms with Gasteiger partial charge in [-0.1, -0.05) is 12.1 Å². The average Bonchev–Trinajstić information content (AvgIpc) is 3.54. The predicted octanol–water partition coefficient (Wildman–Crippen LogP) is 3.81. The van der Waals surface area contributed by atoms with Gasteiger partial charge in [0.15, 0.2) is 0 Å². The van der Waals surface area contributed by atoms with E-state index in [0.29, 0.717) is 30.5 Å². The predicted molar refractivity (Wildman–Crippen MR) is 142 cm³/mol. The third-order valence-corrected chi connectivity index (χ3v) is 9.13. The maximum Gasteiger partial charge on any atom is 0.416 e. The Hall–Kier alpha value is -2.98. The van der Waals surface area contributed by atoms with E-state index >= 15 is 0 Å². The van der Waals surface area contributed by atoms with Crippen LogP contribution >= 0.6 is 0 Å². The number of likely N-dealkylation sites (tertiary alicyclic amines) is 1. The van der Waals surface area contributed by atoms with Crippen LogP contribution in [-0.2, 0) is 28.5 Å². The highest BCUT2D eigenvalue weighted by atomic mass is 19.4. The van der Waals surface area contributed by atoms with Crippen molar-refractivity contribution in [1.29, 1.82) is 0 Å². The molecular formula is C30H35F3N4O3. The number of alkyl halides is 3. The van der Waals surface area contributed by atoms with E-state index in [9.17, 15) is 22.8 Å². The molecular weight excluding hydrogens is 521 g/mol. The van der Waals surface area contributed by atoms with Crippen LogP contribution in [0.25, 0.3) is 0 Å². The maximum atomic E-state index is 13.3. The van der Waals surface area contributed by atoms with Crippen LogP contribution in [-0.4, -0.2) is 78.1 Å². The van der Waals surface area contributed by atoms with Crippen molar-refractivity contribution in [3.05, 3.63) is 64.5 Å². The Bertz CT molecular complexity index is 1260. The van der Waals surface area contributed by atoms with Crippen LogP contribution in [0.5, 0.6) is 0 Å². The number of halogens is 3. The van der Waals surface area contributed by atoms with Gasteiger partial charge >= 0.3 is 6.18 Å². The Morgan fingerprint density at radius 2 is 1.90 bits per heavy atom. The molecule has 6 rings (SSSR count). The van der Waals surface area contributed by atoms with E-state index in [1.807, 2.05) is 12.3 Å².